The third-order valence-corrected chi connectivity index (χ3v) is 4.10. The quantitative estimate of drug-likeness (QED) is 0.875. The third-order valence-electron chi connectivity index (χ3n) is 4.10. The van der Waals surface area contributed by atoms with Gasteiger partial charge in [0.15, 0.2) is 0 Å². The molecule has 1 aliphatic rings. The summed E-state index contributed by atoms with van der Waals surface area (Å²) in [6.45, 7) is 1.74. The lowest BCUT2D eigenvalue weighted by molar-refractivity contribution is -0.128. The first kappa shape index (κ1) is 16.8. The Morgan fingerprint density at radius 1 is 1.08 bits per heavy atom. The number of hydrogen-bond donors (Lipinski definition) is 1. The third kappa shape index (κ3) is 4.71. The van der Waals surface area contributed by atoms with E-state index in [9.17, 15) is 9.59 Å². The molecule has 0 unspecified atom stereocenters. The summed E-state index contributed by atoms with van der Waals surface area (Å²) in [5.74, 6) is 6.00. The number of benzene rings is 2. The van der Waals surface area contributed by atoms with Gasteiger partial charge in [-0.15, -0.1) is 0 Å². The molecule has 1 heterocycles. The van der Waals surface area contributed by atoms with E-state index in [1.54, 1.807) is 12.1 Å². The molecule has 0 radical (unpaired) electrons. The van der Waals surface area contributed by atoms with Crippen LogP contribution in [-0.4, -0.2) is 29.8 Å². The van der Waals surface area contributed by atoms with Gasteiger partial charge in [-0.05, 0) is 36.2 Å². The van der Waals surface area contributed by atoms with Crippen molar-refractivity contribution in [1.29, 1.82) is 0 Å². The van der Waals surface area contributed by atoms with E-state index in [2.05, 4.69) is 17.2 Å². The van der Waals surface area contributed by atoms with Gasteiger partial charge >= 0.3 is 0 Å². The summed E-state index contributed by atoms with van der Waals surface area (Å²) in [5, 5.41) is 2.79. The number of hydrogen-bond acceptors (Lipinski definition) is 2. The van der Waals surface area contributed by atoms with Crippen molar-refractivity contribution < 1.29 is 9.59 Å². The second-order valence-corrected chi connectivity index (χ2v) is 5.97. The minimum Gasteiger partial charge on any atom is -0.341 e. The van der Waals surface area contributed by atoms with Gasteiger partial charge in [0.05, 0.1) is 6.54 Å². The number of carbonyl (C=O) groups is 2. The second kappa shape index (κ2) is 8.16. The Kier molecular flexibility index (Phi) is 5.48. The molecule has 2 aromatic carbocycles. The van der Waals surface area contributed by atoms with Crippen LogP contribution in [0.5, 0.6) is 0 Å². The molecular formula is C21H20N2O2. The van der Waals surface area contributed by atoms with Crippen molar-refractivity contribution >= 4 is 11.8 Å². The summed E-state index contributed by atoms with van der Waals surface area (Å²) in [4.78, 5) is 25.6. The molecule has 1 N–H and O–H groups in total. The first-order valence-corrected chi connectivity index (χ1v) is 8.41. The van der Waals surface area contributed by atoms with Crippen LogP contribution in [0.25, 0.3) is 0 Å². The molecule has 1 fully saturated rings. The number of amides is 2. The molecule has 126 valence electrons. The molecule has 4 heteroatoms. The van der Waals surface area contributed by atoms with Crippen LogP contribution in [0.2, 0.25) is 0 Å². The van der Waals surface area contributed by atoms with E-state index in [1.165, 1.54) is 0 Å². The highest BCUT2D eigenvalue weighted by atomic mass is 16.2. The largest absolute Gasteiger partial charge is 0.341 e. The lowest BCUT2D eigenvalue weighted by Gasteiger charge is -2.15. The van der Waals surface area contributed by atoms with E-state index in [0.29, 0.717) is 25.1 Å². The van der Waals surface area contributed by atoms with Crippen LogP contribution < -0.4 is 5.32 Å². The van der Waals surface area contributed by atoms with Crippen molar-refractivity contribution in [3.63, 3.8) is 0 Å². The van der Waals surface area contributed by atoms with Gasteiger partial charge in [-0.3, -0.25) is 9.59 Å². The minimum absolute atomic E-state index is 0.147. The monoisotopic (exact) mass is 332 g/mol. The van der Waals surface area contributed by atoms with E-state index < -0.39 is 0 Å². The van der Waals surface area contributed by atoms with Crippen LogP contribution in [0.4, 0.5) is 0 Å². The van der Waals surface area contributed by atoms with Crippen LogP contribution in [-0.2, 0) is 11.3 Å². The van der Waals surface area contributed by atoms with Crippen molar-refractivity contribution in [1.82, 2.24) is 10.2 Å². The Morgan fingerprint density at radius 3 is 2.52 bits per heavy atom. The summed E-state index contributed by atoms with van der Waals surface area (Å²) < 4.78 is 0. The van der Waals surface area contributed by atoms with E-state index in [-0.39, 0.29) is 11.8 Å². The predicted molar refractivity (Wildman–Crippen MR) is 96.7 cm³/mol. The molecule has 0 bridgehead atoms. The Balaban J connectivity index is 1.51. The molecule has 0 saturated carbocycles. The number of rotatable bonds is 4. The van der Waals surface area contributed by atoms with Crippen molar-refractivity contribution in [3.05, 3.63) is 71.3 Å². The summed E-state index contributed by atoms with van der Waals surface area (Å²) >= 11 is 0. The van der Waals surface area contributed by atoms with Gasteiger partial charge in [-0.25, -0.2) is 0 Å². The summed E-state index contributed by atoms with van der Waals surface area (Å²) in [7, 11) is 0. The zero-order chi connectivity index (χ0) is 17.5. The van der Waals surface area contributed by atoms with Crippen molar-refractivity contribution in [3.8, 4) is 11.8 Å². The van der Waals surface area contributed by atoms with Crippen LogP contribution in [0.1, 0.15) is 34.3 Å². The lowest BCUT2D eigenvalue weighted by atomic mass is 10.1. The Hall–Kier alpha value is -3.06. The average molecular weight is 332 g/mol. The van der Waals surface area contributed by atoms with Gasteiger partial charge in [0.25, 0.3) is 5.91 Å². The SMILES string of the molecule is O=C(NCC#Cc1ccccc1)c1ccc(CN2CCCC2=O)cc1. The normalized spacial score (nSPS) is 13.3. The fraction of sp³-hybridized carbons (Fsp3) is 0.238. The molecule has 1 saturated heterocycles. The van der Waals surface area contributed by atoms with Crippen LogP contribution in [0.15, 0.2) is 54.6 Å². The maximum atomic E-state index is 12.1. The molecule has 0 aliphatic carbocycles. The van der Waals surface area contributed by atoms with E-state index in [1.807, 2.05) is 47.4 Å². The maximum absolute atomic E-state index is 12.1. The summed E-state index contributed by atoms with van der Waals surface area (Å²) in [6.07, 6.45) is 1.58. The fourth-order valence-electron chi connectivity index (χ4n) is 2.75. The summed E-state index contributed by atoms with van der Waals surface area (Å²) in [6, 6.07) is 17.0. The van der Waals surface area contributed by atoms with Gasteiger partial charge in [0, 0.05) is 30.6 Å². The van der Waals surface area contributed by atoms with E-state index >= 15 is 0 Å². The highest BCUT2D eigenvalue weighted by Crippen LogP contribution is 2.14. The van der Waals surface area contributed by atoms with E-state index in [0.717, 1.165) is 24.1 Å². The molecule has 3 rings (SSSR count). The molecule has 2 aromatic rings. The Bertz CT molecular complexity index is 801. The average Bonchev–Trinajstić information content (AvgIpc) is 3.05. The highest BCUT2D eigenvalue weighted by Gasteiger charge is 2.19. The molecule has 1 aliphatic heterocycles. The van der Waals surface area contributed by atoms with Gasteiger partial charge in [0.1, 0.15) is 0 Å². The molecule has 0 atom stereocenters. The standard InChI is InChI=1S/C21H20N2O2/c24-20-9-5-15-23(20)16-18-10-12-19(13-11-18)21(25)22-14-4-8-17-6-2-1-3-7-17/h1-3,6-7,10-13H,5,9,14-16H2,(H,22,25). The molecule has 0 aromatic heterocycles. The Morgan fingerprint density at radius 2 is 1.84 bits per heavy atom. The summed E-state index contributed by atoms with van der Waals surface area (Å²) in [5.41, 5.74) is 2.56. The van der Waals surface area contributed by atoms with Crippen LogP contribution in [0, 0.1) is 11.8 Å². The van der Waals surface area contributed by atoms with Crippen molar-refractivity contribution in [2.24, 2.45) is 0 Å². The maximum Gasteiger partial charge on any atom is 0.252 e. The van der Waals surface area contributed by atoms with Gasteiger partial charge in [0.2, 0.25) is 5.91 Å². The lowest BCUT2D eigenvalue weighted by Crippen LogP contribution is -2.24. The van der Waals surface area contributed by atoms with Crippen molar-refractivity contribution in [2.75, 3.05) is 13.1 Å². The fourth-order valence-corrected chi connectivity index (χ4v) is 2.75. The van der Waals surface area contributed by atoms with Crippen LogP contribution >= 0.6 is 0 Å². The molecule has 2 amide bonds. The molecule has 4 nitrogen and oxygen atoms in total. The van der Waals surface area contributed by atoms with Crippen LogP contribution in [0.3, 0.4) is 0 Å². The smallest absolute Gasteiger partial charge is 0.252 e. The predicted octanol–water partition coefficient (Wildman–Crippen LogP) is 2.59. The Labute approximate surface area is 147 Å². The zero-order valence-corrected chi connectivity index (χ0v) is 14.0. The first-order chi connectivity index (χ1) is 12.2. The molecule has 0 spiro atoms. The van der Waals surface area contributed by atoms with Gasteiger partial charge < -0.3 is 10.2 Å². The molecular weight excluding hydrogens is 312 g/mol. The first-order valence-electron chi connectivity index (χ1n) is 8.41. The number of nitrogens with zero attached hydrogens (tertiary/aromatic N) is 1. The number of carbonyl (C=O) groups excluding carboxylic acids is 2. The topological polar surface area (TPSA) is 49.4 Å². The van der Waals surface area contributed by atoms with Gasteiger partial charge in [-0.2, -0.15) is 0 Å². The molecule has 25 heavy (non-hydrogen) atoms. The zero-order valence-electron chi connectivity index (χ0n) is 14.0. The van der Waals surface area contributed by atoms with Gasteiger partial charge in [-0.1, -0.05) is 42.2 Å². The number of nitrogens with one attached hydrogen (secondary N) is 1. The van der Waals surface area contributed by atoms with E-state index in [4.69, 9.17) is 0 Å². The highest BCUT2D eigenvalue weighted by molar-refractivity contribution is 5.94. The number of likely N-dealkylation sites (tertiary alicyclic amines) is 1. The van der Waals surface area contributed by atoms with Crippen molar-refractivity contribution in [2.45, 2.75) is 19.4 Å². The second-order valence-electron chi connectivity index (χ2n) is 5.97. The minimum atomic E-state index is -0.147.